The van der Waals surface area contributed by atoms with E-state index >= 15 is 0 Å². The van der Waals surface area contributed by atoms with Gasteiger partial charge in [-0.2, -0.15) is 0 Å². The van der Waals surface area contributed by atoms with Crippen molar-refractivity contribution in [2.24, 2.45) is 0 Å². The van der Waals surface area contributed by atoms with E-state index in [0.717, 1.165) is 6.42 Å². The van der Waals surface area contributed by atoms with Crippen molar-refractivity contribution in [3.05, 3.63) is 48.6 Å². The number of hydrogen-bond acceptors (Lipinski definition) is 1. The third-order valence-corrected chi connectivity index (χ3v) is 1.22. The molecule has 0 radical (unpaired) electrons. The Kier molecular flexibility index (Phi) is 6.84. The van der Waals surface area contributed by atoms with E-state index in [1.165, 1.54) is 5.56 Å². The van der Waals surface area contributed by atoms with E-state index in [1.807, 2.05) is 24.3 Å². The van der Waals surface area contributed by atoms with Crippen LogP contribution in [0.2, 0.25) is 0 Å². The molecular weight excluding hydrogens is 151 g/mol. The summed E-state index contributed by atoms with van der Waals surface area (Å²) in [6.07, 6.45) is 2.89. The normalized spacial score (nSPS) is 7.33. The summed E-state index contributed by atoms with van der Waals surface area (Å²) >= 11 is 0. The summed E-state index contributed by atoms with van der Waals surface area (Å²) in [4.78, 5) is 0. The van der Waals surface area contributed by atoms with Gasteiger partial charge in [-0.3, -0.25) is 0 Å². The molecular formula is C9H11BO2. The van der Waals surface area contributed by atoms with E-state index in [-0.39, 0.29) is 7.35 Å². The molecule has 0 heterocycles. The predicted octanol–water partition coefficient (Wildman–Crippen LogP) is 1.36. The van der Waals surface area contributed by atoms with Gasteiger partial charge in [0.2, 0.25) is 0 Å². The van der Waals surface area contributed by atoms with Crippen LogP contribution in [0.4, 0.5) is 0 Å². The molecule has 1 N–H and O–H groups in total. The van der Waals surface area contributed by atoms with Crippen LogP contribution in [0.15, 0.2) is 43.0 Å². The molecule has 12 heavy (non-hydrogen) atoms. The average Bonchev–Trinajstić information content (AvgIpc) is 2.08. The Morgan fingerprint density at radius 1 is 1.42 bits per heavy atom. The second-order valence-corrected chi connectivity index (χ2v) is 2.08. The molecule has 0 aromatic heterocycles. The van der Waals surface area contributed by atoms with Gasteiger partial charge in [0.05, 0.1) is 0 Å². The van der Waals surface area contributed by atoms with Crippen LogP contribution in [0.1, 0.15) is 5.56 Å². The minimum atomic E-state index is -0.250. The topological polar surface area (TPSA) is 37.3 Å². The molecule has 0 fully saturated rings. The second-order valence-electron chi connectivity index (χ2n) is 2.08. The first-order valence-electron chi connectivity index (χ1n) is 3.57. The molecule has 0 atom stereocenters. The first-order valence-corrected chi connectivity index (χ1v) is 3.57. The van der Waals surface area contributed by atoms with Gasteiger partial charge in [-0.1, -0.05) is 36.4 Å². The second kappa shape index (κ2) is 7.73. The molecule has 0 bridgehead atoms. The predicted molar refractivity (Wildman–Crippen MR) is 49.0 cm³/mol. The third-order valence-electron chi connectivity index (χ3n) is 1.22. The fourth-order valence-corrected chi connectivity index (χ4v) is 0.781. The molecule has 0 saturated carbocycles. The first kappa shape index (κ1) is 10.6. The molecule has 2 nitrogen and oxygen atoms in total. The Morgan fingerprint density at radius 3 is 2.33 bits per heavy atom. The third kappa shape index (κ3) is 5.41. The average molecular weight is 162 g/mol. The molecule has 0 aliphatic carbocycles. The molecule has 1 rings (SSSR count). The Labute approximate surface area is 72.8 Å². The maximum absolute atomic E-state index is 8.36. The van der Waals surface area contributed by atoms with Gasteiger partial charge in [0.25, 0.3) is 0 Å². The van der Waals surface area contributed by atoms with Crippen molar-refractivity contribution >= 4 is 7.35 Å². The van der Waals surface area contributed by atoms with Crippen LogP contribution >= 0.6 is 0 Å². The van der Waals surface area contributed by atoms with Gasteiger partial charge in [-0.05, 0) is 12.0 Å². The monoisotopic (exact) mass is 162 g/mol. The summed E-state index contributed by atoms with van der Waals surface area (Å²) in [6, 6.07) is 10.3. The Hall–Kier alpha value is -1.38. The van der Waals surface area contributed by atoms with Gasteiger partial charge in [-0.15, -0.1) is 6.58 Å². The van der Waals surface area contributed by atoms with Crippen molar-refractivity contribution in [2.75, 3.05) is 0 Å². The van der Waals surface area contributed by atoms with Crippen LogP contribution in [0.3, 0.4) is 0 Å². The number of allylic oxidation sites excluding steroid dienone is 1. The van der Waals surface area contributed by atoms with Crippen molar-refractivity contribution in [3.63, 3.8) is 0 Å². The number of hydrogen-bond donors (Lipinski definition) is 1. The Bertz CT molecular complexity index is 221. The number of benzene rings is 1. The minimum absolute atomic E-state index is 0.250. The van der Waals surface area contributed by atoms with Crippen LogP contribution in [0, 0.1) is 0 Å². The Morgan fingerprint density at radius 2 is 1.92 bits per heavy atom. The molecule has 3 heteroatoms. The van der Waals surface area contributed by atoms with Crippen LogP contribution in [-0.2, 0) is 11.1 Å². The molecule has 1 aromatic rings. The summed E-state index contributed by atoms with van der Waals surface area (Å²) in [5.41, 5.74) is 1.33. The summed E-state index contributed by atoms with van der Waals surface area (Å²) in [7, 11) is -0.250. The molecule has 0 unspecified atom stereocenters. The molecule has 0 amide bonds. The van der Waals surface area contributed by atoms with Gasteiger partial charge in [0.15, 0.2) is 0 Å². The molecule has 0 spiro atoms. The van der Waals surface area contributed by atoms with Crippen molar-refractivity contribution in [1.82, 2.24) is 0 Å². The quantitative estimate of drug-likeness (QED) is 0.526. The van der Waals surface area contributed by atoms with E-state index in [9.17, 15) is 0 Å². The molecule has 0 aliphatic rings. The summed E-state index contributed by atoms with van der Waals surface area (Å²) in [5, 5.41) is 6.89. The van der Waals surface area contributed by atoms with Crippen molar-refractivity contribution in [1.29, 1.82) is 0 Å². The Balaban J connectivity index is 0.000000354. The zero-order chi connectivity index (χ0) is 9.23. The van der Waals surface area contributed by atoms with Crippen molar-refractivity contribution in [2.45, 2.75) is 6.42 Å². The van der Waals surface area contributed by atoms with E-state index in [2.05, 4.69) is 18.7 Å². The molecule has 0 saturated heterocycles. The van der Waals surface area contributed by atoms with Gasteiger partial charge < -0.3 is 0 Å². The van der Waals surface area contributed by atoms with E-state index in [4.69, 9.17) is 9.73 Å². The van der Waals surface area contributed by atoms with Gasteiger partial charge in [0, 0.05) is 0 Å². The SMILES string of the molecule is C=CCc1ccccc1.O=BO. The first-order chi connectivity index (χ1) is 5.85. The summed E-state index contributed by atoms with van der Waals surface area (Å²) < 4.78 is 8.36. The standard InChI is InChI=1S/C9H10.BHO2/c1-2-6-9-7-4-3-5-8-9;2-1-3/h2-5,7-8H,1,6H2;2H. The fraction of sp³-hybridized carbons (Fsp3) is 0.111. The van der Waals surface area contributed by atoms with E-state index in [1.54, 1.807) is 0 Å². The van der Waals surface area contributed by atoms with E-state index < -0.39 is 0 Å². The zero-order valence-electron chi connectivity index (χ0n) is 6.81. The van der Waals surface area contributed by atoms with Crippen LogP contribution in [0.25, 0.3) is 0 Å². The van der Waals surface area contributed by atoms with Crippen molar-refractivity contribution < 1.29 is 9.73 Å². The molecule has 0 aliphatic heterocycles. The summed E-state index contributed by atoms with van der Waals surface area (Å²) in [5.74, 6) is 0. The maximum atomic E-state index is 8.36. The number of rotatable bonds is 2. The zero-order valence-corrected chi connectivity index (χ0v) is 6.81. The van der Waals surface area contributed by atoms with Crippen LogP contribution < -0.4 is 0 Å². The van der Waals surface area contributed by atoms with Gasteiger partial charge >= 0.3 is 17.1 Å². The molecule has 1 aromatic carbocycles. The fourth-order valence-electron chi connectivity index (χ4n) is 0.781. The van der Waals surface area contributed by atoms with Crippen LogP contribution in [0.5, 0.6) is 0 Å². The molecule has 62 valence electrons. The van der Waals surface area contributed by atoms with Crippen molar-refractivity contribution in [3.8, 4) is 0 Å². The van der Waals surface area contributed by atoms with Gasteiger partial charge in [-0.25, -0.2) is 0 Å². The van der Waals surface area contributed by atoms with Gasteiger partial charge in [0.1, 0.15) is 0 Å². The summed E-state index contributed by atoms with van der Waals surface area (Å²) in [6.45, 7) is 3.66. The van der Waals surface area contributed by atoms with Crippen LogP contribution in [-0.4, -0.2) is 12.4 Å². The van der Waals surface area contributed by atoms with E-state index in [0.29, 0.717) is 0 Å².